The lowest BCUT2D eigenvalue weighted by molar-refractivity contribution is -0.121. The van der Waals surface area contributed by atoms with E-state index in [0.717, 1.165) is 11.6 Å². The molecule has 8 nitrogen and oxygen atoms in total. The van der Waals surface area contributed by atoms with Gasteiger partial charge in [0.25, 0.3) is 12.0 Å². The third kappa shape index (κ3) is 4.64. The van der Waals surface area contributed by atoms with Gasteiger partial charge in [0.15, 0.2) is 5.82 Å². The van der Waals surface area contributed by atoms with Gasteiger partial charge in [0.2, 0.25) is 5.91 Å². The van der Waals surface area contributed by atoms with Gasteiger partial charge in [0, 0.05) is 11.8 Å². The summed E-state index contributed by atoms with van der Waals surface area (Å²) in [4.78, 5) is 39.1. The molecule has 0 radical (unpaired) electrons. The number of nitrogens with one attached hydrogen (secondary N) is 2. The van der Waals surface area contributed by atoms with Gasteiger partial charge in [-0.05, 0) is 23.6 Å². The van der Waals surface area contributed by atoms with Gasteiger partial charge in [-0.3, -0.25) is 14.9 Å². The van der Waals surface area contributed by atoms with Gasteiger partial charge < -0.3 is 10.2 Å². The molecule has 0 saturated carbocycles. The molecule has 1 aromatic heterocycles. The number of hydrogen-bond donors (Lipinski definition) is 2. The quantitative estimate of drug-likeness (QED) is 0.779. The Morgan fingerprint density at radius 1 is 1.27 bits per heavy atom. The van der Waals surface area contributed by atoms with Crippen molar-refractivity contribution in [2.75, 3.05) is 10.6 Å². The molecule has 0 spiro atoms. The molecule has 0 bridgehead atoms. The number of amides is 3. The van der Waals surface area contributed by atoms with Crippen molar-refractivity contribution in [3.8, 4) is 0 Å². The van der Waals surface area contributed by atoms with Crippen molar-refractivity contribution in [1.29, 1.82) is 0 Å². The number of anilines is 2. The second-order valence-corrected chi connectivity index (χ2v) is 7.16. The van der Waals surface area contributed by atoms with Crippen LogP contribution in [-0.2, 0) is 17.9 Å². The van der Waals surface area contributed by atoms with Gasteiger partial charge >= 0.3 is 6.03 Å². The van der Waals surface area contributed by atoms with Crippen LogP contribution in [0.5, 0.6) is 0 Å². The Labute approximate surface area is 171 Å². The summed E-state index contributed by atoms with van der Waals surface area (Å²) in [6, 6.07) is 8.14. The van der Waals surface area contributed by atoms with Crippen LogP contribution in [-0.4, -0.2) is 39.1 Å². The molecule has 0 aliphatic carbocycles. The van der Waals surface area contributed by atoms with E-state index in [-0.39, 0.29) is 24.2 Å². The van der Waals surface area contributed by atoms with Gasteiger partial charge in [-0.1, -0.05) is 38.5 Å². The molecule has 3 rings (SSSR count). The number of benzene rings is 1. The standard InChI is InChI=1S/C20H23F2N5O3/c1-3-12(2)18-19(29)23-14-7-5-4-6-13(14)10-26(18)20(30)24-16-8-9-17(28)27(25-16)11-15(21)22/h4-9,12,15,18H,3,10-11H2,1-2H3,(H,23,29)(H,24,25,30). The van der Waals surface area contributed by atoms with Gasteiger partial charge in [-0.25, -0.2) is 18.3 Å². The highest BCUT2D eigenvalue weighted by Crippen LogP contribution is 2.27. The van der Waals surface area contributed by atoms with E-state index in [4.69, 9.17) is 0 Å². The van der Waals surface area contributed by atoms with E-state index >= 15 is 0 Å². The lowest BCUT2D eigenvalue weighted by atomic mass is 9.97. The number of carbonyl (C=O) groups excluding carboxylic acids is 2. The summed E-state index contributed by atoms with van der Waals surface area (Å²) in [6.45, 7) is 3.10. The summed E-state index contributed by atoms with van der Waals surface area (Å²) < 4.78 is 25.9. The maximum Gasteiger partial charge on any atom is 0.324 e. The summed E-state index contributed by atoms with van der Waals surface area (Å²) >= 11 is 0. The Morgan fingerprint density at radius 3 is 2.70 bits per heavy atom. The van der Waals surface area contributed by atoms with Gasteiger partial charge in [0.05, 0.1) is 6.54 Å². The largest absolute Gasteiger partial charge is 0.324 e. The summed E-state index contributed by atoms with van der Waals surface area (Å²) in [5, 5.41) is 9.19. The predicted molar refractivity (Wildman–Crippen MR) is 107 cm³/mol. The Balaban J connectivity index is 1.91. The molecule has 2 aromatic rings. The topological polar surface area (TPSA) is 96.3 Å². The molecule has 0 saturated heterocycles. The molecule has 2 atom stereocenters. The molecule has 0 fully saturated rings. The van der Waals surface area contributed by atoms with Crippen LogP contribution in [0, 0.1) is 5.92 Å². The van der Waals surface area contributed by atoms with Gasteiger partial charge in [-0.15, -0.1) is 0 Å². The lowest BCUT2D eigenvalue weighted by Crippen LogP contribution is -2.50. The van der Waals surface area contributed by atoms with Crippen molar-refractivity contribution in [3.63, 3.8) is 0 Å². The Hall–Kier alpha value is -3.30. The SMILES string of the molecule is CCC(C)C1C(=O)Nc2ccccc2CN1C(=O)Nc1ccc(=O)n(CC(F)F)n1. The zero-order valence-corrected chi connectivity index (χ0v) is 16.6. The monoisotopic (exact) mass is 419 g/mol. The number of rotatable bonds is 5. The van der Waals surface area contributed by atoms with E-state index in [1.165, 1.54) is 11.0 Å². The number of aromatic nitrogens is 2. The normalized spacial score (nSPS) is 17.2. The highest BCUT2D eigenvalue weighted by atomic mass is 19.3. The molecule has 10 heteroatoms. The number of para-hydroxylation sites is 1. The minimum atomic E-state index is -2.76. The number of carbonyl (C=O) groups is 2. The van der Waals surface area contributed by atoms with Crippen molar-refractivity contribution in [2.24, 2.45) is 5.92 Å². The molecule has 2 N–H and O–H groups in total. The molecule has 1 aliphatic heterocycles. The average Bonchev–Trinajstić information content (AvgIpc) is 2.85. The molecule has 2 heterocycles. The zero-order valence-electron chi connectivity index (χ0n) is 16.6. The van der Waals surface area contributed by atoms with E-state index in [1.807, 2.05) is 26.0 Å². The molecular weight excluding hydrogens is 396 g/mol. The molecule has 1 aromatic carbocycles. The second kappa shape index (κ2) is 9.02. The van der Waals surface area contributed by atoms with Gasteiger partial charge in [-0.2, -0.15) is 5.10 Å². The molecular formula is C20H23F2N5O3. The van der Waals surface area contributed by atoms with Crippen LogP contribution in [0.2, 0.25) is 0 Å². The predicted octanol–water partition coefficient (Wildman–Crippen LogP) is 2.91. The number of nitrogens with zero attached hydrogens (tertiary/aromatic N) is 3. The maximum atomic E-state index is 13.1. The van der Waals surface area contributed by atoms with Crippen molar-refractivity contribution in [3.05, 3.63) is 52.3 Å². The van der Waals surface area contributed by atoms with Crippen LogP contribution in [0.4, 0.5) is 25.1 Å². The number of hydrogen-bond acceptors (Lipinski definition) is 4. The van der Waals surface area contributed by atoms with Crippen LogP contribution in [0.3, 0.4) is 0 Å². The molecule has 3 amide bonds. The fourth-order valence-corrected chi connectivity index (χ4v) is 3.36. The lowest BCUT2D eigenvalue weighted by Gasteiger charge is -2.32. The first kappa shape index (κ1) is 21.4. The van der Waals surface area contributed by atoms with Crippen molar-refractivity contribution >= 4 is 23.4 Å². The van der Waals surface area contributed by atoms with Crippen LogP contribution in [0.1, 0.15) is 25.8 Å². The summed E-state index contributed by atoms with van der Waals surface area (Å²) in [6.07, 6.45) is -2.10. The minimum absolute atomic E-state index is 0.0545. The maximum absolute atomic E-state index is 13.1. The first-order valence-electron chi connectivity index (χ1n) is 9.62. The number of fused-ring (bicyclic) bond motifs is 1. The first-order chi connectivity index (χ1) is 14.3. The van der Waals surface area contributed by atoms with Crippen LogP contribution >= 0.6 is 0 Å². The average molecular weight is 419 g/mol. The van der Waals surface area contributed by atoms with E-state index in [1.54, 1.807) is 12.1 Å². The zero-order chi connectivity index (χ0) is 21.8. The number of halogens is 2. The van der Waals surface area contributed by atoms with Crippen molar-refractivity contribution < 1.29 is 18.4 Å². The Bertz CT molecular complexity index is 994. The van der Waals surface area contributed by atoms with E-state index in [9.17, 15) is 23.2 Å². The van der Waals surface area contributed by atoms with Crippen LogP contribution < -0.4 is 16.2 Å². The van der Waals surface area contributed by atoms with E-state index in [2.05, 4.69) is 15.7 Å². The van der Waals surface area contributed by atoms with Crippen molar-refractivity contribution in [1.82, 2.24) is 14.7 Å². The fourth-order valence-electron chi connectivity index (χ4n) is 3.36. The summed E-state index contributed by atoms with van der Waals surface area (Å²) in [5.74, 6) is -0.494. The third-order valence-electron chi connectivity index (χ3n) is 5.08. The smallest absolute Gasteiger partial charge is 0.324 e. The van der Waals surface area contributed by atoms with E-state index < -0.39 is 30.6 Å². The van der Waals surface area contributed by atoms with Gasteiger partial charge in [0.1, 0.15) is 12.6 Å². The molecule has 2 unspecified atom stereocenters. The fraction of sp³-hybridized carbons (Fsp3) is 0.400. The molecule has 160 valence electrons. The Morgan fingerprint density at radius 2 is 2.00 bits per heavy atom. The van der Waals surface area contributed by atoms with E-state index in [0.29, 0.717) is 16.8 Å². The molecule has 1 aliphatic rings. The summed E-state index contributed by atoms with van der Waals surface area (Å²) in [7, 11) is 0. The van der Waals surface area contributed by atoms with Crippen LogP contribution in [0.25, 0.3) is 0 Å². The summed E-state index contributed by atoms with van der Waals surface area (Å²) in [5.41, 5.74) is 0.700. The first-order valence-corrected chi connectivity index (χ1v) is 9.62. The minimum Gasteiger partial charge on any atom is -0.324 e. The third-order valence-corrected chi connectivity index (χ3v) is 5.08. The highest BCUT2D eigenvalue weighted by molar-refractivity contribution is 6.00. The second-order valence-electron chi connectivity index (χ2n) is 7.16. The molecule has 30 heavy (non-hydrogen) atoms. The number of urea groups is 1. The Kier molecular flexibility index (Phi) is 6.43. The van der Waals surface area contributed by atoms with Crippen molar-refractivity contribution in [2.45, 2.75) is 45.8 Å². The number of alkyl halides is 2. The highest BCUT2D eigenvalue weighted by Gasteiger charge is 2.36. The van der Waals surface area contributed by atoms with Crippen LogP contribution in [0.15, 0.2) is 41.2 Å².